The monoisotopic (exact) mass is 431 g/mol. The predicted molar refractivity (Wildman–Crippen MR) is 116 cm³/mol. The van der Waals surface area contributed by atoms with Crippen molar-refractivity contribution in [2.24, 2.45) is 0 Å². The van der Waals surface area contributed by atoms with Crippen molar-refractivity contribution in [1.29, 1.82) is 0 Å². The zero-order chi connectivity index (χ0) is 20.0. The van der Waals surface area contributed by atoms with Gasteiger partial charge in [0.1, 0.15) is 0 Å². The molecule has 0 bridgehead atoms. The fourth-order valence-electron chi connectivity index (χ4n) is 2.97. The molecule has 28 heavy (non-hydrogen) atoms. The van der Waals surface area contributed by atoms with Gasteiger partial charge in [0.25, 0.3) is 0 Å². The van der Waals surface area contributed by atoms with Crippen LogP contribution in [0.25, 0.3) is 16.9 Å². The lowest BCUT2D eigenvalue weighted by atomic mass is 10.2. The van der Waals surface area contributed by atoms with Gasteiger partial charge in [-0.2, -0.15) is 5.10 Å². The van der Waals surface area contributed by atoms with Crippen LogP contribution < -0.4 is 5.32 Å². The van der Waals surface area contributed by atoms with Crippen LogP contribution in [-0.4, -0.2) is 19.7 Å². The van der Waals surface area contributed by atoms with Crippen molar-refractivity contribution in [3.05, 3.63) is 68.4 Å². The Bertz CT molecular complexity index is 1220. The van der Waals surface area contributed by atoms with E-state index in [9.17, 15) is 0 Å². The number of aryl methyl sites for hydroxylation is 3. The highest BCUT2D eigenvalue weighted by Crippen LogP contribution is 2.32. The summed E-state index contributed by atoms with van der Waals surface area (Å²) in [5, 5.41) is 9.27. The molecule has 2 heterocycles. The van der Waals surface area contributed by atoms with Crippen molar-refractivity contribution in [3.63, 3.8) is 0 Å². The van der Waals surface area contributed by atoms with E-state index in [1.807, 2.05) is 45.0 Å². The fraction of sp³-hybridized carbons (Fsp3) is 0.150. The Hall–Kier alpha value is -2.34. The lowest BCUT2D eigenvalue weighted by molar-refractivity contribution is 0.808. The molecule has 4 rings (SSSR count). The molecule has 0 radical (unpaired) electrons. The van der Waals surface area contributed by atoms with E-state index in [1.165, 1.54) is 0 Å². The van der Waals surface area contributed by atoms with Crippen LogP contribution in [-0.2, 0) is 0 Å². The van der Waals surface area contributed by atoms with Gasteiger partial charge in [0.15, 0.2) is 11.6 Å². The lowest BCUT2D eigenvalue weighted by Gasteiger charge is -2.14. The number of hydrogen-bond donors (Lipinski definition) is 1. The first-order chi connectivity index (χ1) is 13.3. The molecule has 0 atom stereocenters. The molecule has 0 spiro atoms. The van der Waals surface area contributed by atoms with Gasteiger partial charge in [-0.05, 0) is 56.7 Å². The summed E-state index contributed by atoms with van der Waals surface area (Å²) >= 11 is 18.7. The number of nitrogens with zero attached hydrogens (tertiary/aromatic N) is 4. The molecule has 0 aliphatic carbocycles. The van der Waals surface area contributed by atoms with E-state index in [0.29, 0.717) is 37.7 Å². The molecule has 142 valence electrons. The average molecular weight is 433 g/mol. The predicted octanol–water partition coefficient (Wildman–Crippen LogP) is 6.44. The van der Waals surface area contributed by atoms with Gasteiger partial charge in [-0.15, -0.1) is 0 Å². The van der Waals surface area contributed by atoms with Crippen molar-refractivity contribution >= 4 is 57.3 Å². The Kier molecular flexibility index (Phi) is 4.91. The summed E-state index contributed by atoms with van der Waals surface area (Å²) in [5.74, 6) is 1.07. The maximum Gasteiger partial charge on any atom is 0.197 e. The van der Waals surface area contributed by atoms with Crippen molar-refractivity contribution in [2.45, 2.75) is 20.8 Å². The molecule has 0 amide bonds. The largest absolute Gasteiger partial charge is 0.336 e. The fourth-order valence-corrected chi connectivity index (χ4v) is 3.56. The molecule has 4 aromatic rings. The lowest BCUT2D eigenvalue weighted by Crippen LogP contribution is -2.09. The molecular weight excluding hydrogens is 417 g/mol. The summed E-state index contributed by atoms with van der Waals surface area (Å²) in [6, 6.07) is 11.1. The zero-order valence-electron chi connectivity index (χ0n) is 15.4. The minimum atomic E-state index is 0.418. The van der Waals surface area contributed by atoms with Crippen molar-refractivity contribution in [1.82, 2.24) is 19.7 Å². The van der Waals surface area contributed by atoms with Crippen molar-refractivity contribution in [3.8, 4) is 5.82 Å². The first kappa shape index (κ1) is 19.0. The highest BCUT2D eigenvalue weighted by molar-refractivity contribution is 6.42. The van der Waals surface area contributed by atoms with Crippen molar-refractivity contribution in [2.75, 3.05) is 5.32 Å². The Morgan fingerprint density at radius 1 is 0.821 bits per heavy atom. The second kappa shape index (κ2) is 7.24. The van der Waals surface area contributed by atoms with Crippen LogP contribution >= 0.6 is 34.8 Å². The molecule has 0 fully saturated rings. The van der Waals surface area contributed by atoms with Crippen LogP contribution in [0.2, 0.25) is 15.1 Å². The molecule has 5 nitrogen and oxygen atoms in total. The van der Waals surface area contributed by atoms with Crippen LogP contribution in [0.15, 0.2) is 36.4 Å². The van der Waals surface area contributed by atoms with E-state index in [4.69, 9.17) is 44.8 Å². The third-order valence-electron chi connectivity index (χ3n) is 4.28. The summed E-state index contributed by atoms with van der Waals surface area (Å²) in [6.07, 6.45) is 0. The Balaban J connectivity index is 1.94. The van der Waals surface area contributed by atoms with Gasteiger partial charge in [-0.25, -0.2) is 14.6 Å². The van der Waals surface area contributed by atoms with E-state index in [1.54, 1.807) is 16.8 Å². The zero-order valence-corrected chi connectivity index (χ0v) is 17.7. The quantitative estimate of drug-likeness (QED) is 0.404. The number of nitrogens with one attached hydrogen (secondary N) is 1. The average Bonchev–Trinajstić information content (AvgIpc) is 2.96. The highest BCUT2D eigenvalue weighted by Gasteiger charge is 2.16. The van der Waals surface area contributed by atoms with Crippen molar-refractivity contribution < 1.29 is 0 Å². The number of halogens is 3. The molecule has 0 saturated heterocycles. The van der Waals surface area contributed by atoms with E-state index >= 15 is 0 Å². The number of fused-ring (bicyclic) bond motifs is 1. The molecule has 0 unspecified atom stereocenters. The second-order valence-electron chi connectivity index (χ2n) is 6.60. The van der Waals surface area contributed by atoms with E-state index in [0.717, 1.165) is 22.6 Å². The number of aromatic nitrogens is 4. The SMILES string of the molecule is Cc1ccc(Nc2nc3cc(Cl)c(Cl)cc3nc2-n2nc(C)cc2C)c(Cl)c1. The van der Waals surface area contributed by atoms with E-state index < -0.39 is 0 Å². The highest BCUT2D eigenvalue weighted by atomic mass is 35.5. The van der Waals surface area contributed by atoms with Gasteiger partial charge in [0, 0.05) is 5.69 Å². The van der Waals surface area contributed by atoms with Gasteiger partial charge in [0.05, 0.1) is 37.5 Å². The summed E-state index contributed by atoms with van der Waals surface area (Å²) in [5.41, 5.74) is 4.85. The Morgan fingerprint density at radius 3 is 2.11 bits per heavy atom. The third-order valence-corrected chi connectivity index (χ3v) is 5.31. The van der Waals surface area contributed by atoms with Gasteiger partial charge in [-0.3, -0.25) is 0 Å². The molecule has 0 saturated carbocycles. The van der Waals surface area contributed by atoms with Crippen LogP contribution in [0.1, 0.15) is 17.0 Å². The van der Waals surface area contributed by atoms with Gasteiger partial charge in [0.2, 0.25) is 0 Å². The van der Waals surface area contributed by atoms with Gasteiger partial charge in [-0.1, -0.05) is 40.9 Å². The summed E-state index contributed by atoms with van der Waals surface area (Å²) in [4.78, 5) is 9.48. The third kappa shape index (κ3) is 3.53. The minimum absolute atomic E-state index is 0.418. The van der Waals surface area contributed by atoms with E-state index in [-0.39, 0.29) is 0 Å². The topological polar surface area (TPSA) is 55.6 Å². The molecule has 1 N–H and O–H groups in total. The number of rotatable bonds is 3. The van der Waals surface area contributed by atoms with Crippen LogP contribution in [0.3, 0.4) is 0 Å². The number of hydrogen-bond acceptors (Lipinski definition) is 4. The standard InChI is InChI=1S/C20H16Cl3N5/c1-10-4-5-16(15(23)6-10)24-19-20(28-12(3)7-11(2)27-28)26-18-9-14(22)13(21)8-17(18)25-19/h4-9H,1-3H3,(H,24,25). The first-order valence-electron chi connectivity index (χ1n) is 8.55. The minimum Gasteiger partial charge on any atom is -0.336 e. The summed E-state index contributed by atoms with van der Waals surface area (Å²) in [7, 11) is 0. The first-order valence-corrected chi connectivity index (χ1v) is 9.69. The summed E-state index contributed by atoms with van der Waals surface area (Å²) < 4.78 is 1.74. The molecule has 8 heteroatoms. The van der Waals surface area contributed by atoms with Gasteiger partial charge < -0.3 is 5.32 Å². The number of benzene rings is 2. The number of anilines is 2. The van der Waals surface area contributed by atoms with Crippen LogP contribution in [0.5, 0.6) is 0 Å². The molecule has 2 aromatic heterocycles. The van der Waals surface area contributed by atoms with Crippen LogP contribution in [0.4, 0.5) is 11.5 Å². The Morgan fingerprint density at radius 2 is 1.50 bits per heavy atom. The van der Waals surface area contributed by atoms with Gasteiger partial charge >= 0.3 is 0 Å². The van der Waals surface area contributed by atoms with E-state index in [2.05, 4.69) is 10.4 Å². The smallest absolute Gasteiger partial charge is 0.197 e. The summed E-state index contributed by atoms with van der Waals surface area (Å²) in [6.45, 7) is 5.88. The maximum absolute atomic E-state index is 6.41. The van der Waals surface area contributed by atoms with Crippen LogP contribution in [0, 0.1) is 20.8 Å². The maximum atomic E-state index is 6.41. The normalized spacial score (nSPS) is 11.2. The molecule has 2 aromatic carbocycles. The molecule has 0 aliphatic rings. The Labute approximate surface area is 177 Å². The molecule has 0 aliphatic heterocycles. The molecular formula is C20H16Cl3N5. The second-order valence-corrected chi connectivity index (χ2v) is 7.82.